The van der Waals surface area contributed by atoms with Crippen molar-refractivity contribution in [3.63, 3.8) is 0 Å². The fraction of sp³-hybridized carbons (Fsp3) is 0.196. The molecule has 5 unspecified atom stereocenters. The van der Waals surface area contributed by atoms with E-state index in [0.29, 0.717) is 0 Å². The lowest BCUT2D eigenvalue weighted by molar-refractivity contribution is -0.784. The van der Waals surface area contributed by atoms with Gasteiger partial charge in [0.2, 0.25) is 22.3 Å². The Labute approximate surface area is 326 Å². The first-order chi connectivity index (χ1) is 27.6. The average Bonchev–Trinajstić information content (AvgIpc) is 3.88. The van der Waals surface area contributed by atoms with Crippen LogP contribution in [0.2, 0.25) is 0 Å². The number of aromatic nitrogens is 3. The second-order valence-corrected chi connectivity index (χ2v) is 17.2. The Kier molecular flexibility index (Phi) is 5.40. The summed E-state index contributed by atoms with van der Waals surface area (Å²) in [5.74, 6) is 0. The van der Waals surface area contributed by atoms with Crippen LogP contribution >= 0.6 is 0 Å². The number of anilines is 2. The van der Waals surface area contributed by atoms with Crippen molar-refractivity contribution >= 4 is 33.2 Å². The molecule has 56 heavy (non-hydrogen) atoms. The normalized spacial score (nSPS) is 25.2. The van der Waals surface area contributed by atoms with Crippen LogP contribution in [0.15, 0.2) is 158 Å². The van der Waals surface area contributed by atoms with Crippen LogP contribution in [0.1, 0.15) is 47.6 Å². The predicted octanol–water partition coefficient (Wildman–Crippen LogP) is 8.15. The summed E-state index contributed by atoms with van der Waals surface area (Å²) in [6, 6.07) is 61.4. The zero-order chi connectivity index (χ0) is 36.5. The number of benzene rings is 5. The number of hydrogen-bond donors (Lipinski definition) is 0. The van der Waals surface area contributed by atoms with Gasteiger partial charge in [-0.3, -0.25) is 0 Å². The number of rotatable bonds is 0. The smallest absolute Gasteiger partial charge is 0.269 e. The maximum absolute atomic E-state index is 2.87. The molecule has 1 spiro atoms. The van der Waals surface area contributed by atoms with Gasteiger partial charge in [-0.2, -0.15) is 13.7 Å². The summed E-state index contributed by atoms with van der Waals surface area (Å²) in [6.45, 7) is 3.34. The van der Waals surface area contributed by atoms with Crippen LogP contribution < -0.4 is 23.5 Å². The van der Waals surface area contributed by atoms with E-state index in [2.05, 4.69) is 188 Å². The van der Waals surface area contributed by atoms with Gasteiger partial charge >= 0.3 is 0 Å². The summed E-state index contributed by atoms with van der Waals surface area (Å²) >= 11 is 0. The molecule has 0 saturated heterocycles. The minimum absolute atomic E-state index is 0.0927. The molecule has 0 saturated carbocycles. The van der Waals surface area contributed by atoms with E-state index >= 15 is 0 Å². The lowest BCUT2D eigenvalue weighted by atomic mass is 9.81. The molecule has 1 aliphatic carbocycles. The van der Waals surface area contributed by atoms with Crippen molar-refractivity contribution in [2.24, 2.45) is 0 Å². The molecule has 15 rings (SSSR count). The zero-order valence-electron chi connectivity index (χ0n) is 31.3. The molecule has 5 aromatic carbocycles. The van der Waals surface area contributed by atoms with Crippen molar-refractivity contribution in [3.8, 4) is 22.4 Å². The van der Waals surface area contributed by atoms with E-state index in [-0.39, 0.29) is 23.7 Å². The van der Waals surface area contributed by atoms with Crippen molar-refractivity contribution in [2.75, 3.05) is 16.5 Å². The van der Waals surface area contributed by atoms with Gasteiger partial charge in [0, 0.05) is 76.5 Å². The molecule has 3 aromatic heterocycles. The van der Waals surface area contributed by atoms with Crippen molar-refractivity contribution < 1.29 is 13.7 Å². The molecule has 0 fully saturated rings. The third-order valence-corrected chi connectivity index (χ3v) is 15.0. The Hall–Kier alpha value is -6.33. The van der Waals surface area contributed by atoms with E-state index in [1.807, 2.05) is 0 Å². The van der Waals surface area contributed by atoms with Gasteiger partial charge in [-0.15, -0.1) is 0 Å². The topological polar surface area (TPSA) is 18.1 Å². The highest BCUT2D eigenvalue weighted by Gasteiger charge is 2.70. The lowest BCUT2D eigenvalue weighted by Gasteiger charge is -2.45. The summed E-state index contributed by atoms with van der Waals surface area (Å²) in [4.78, 5) is 5.72. The molecule has 5 nitrogen and oxygen atoms in total. The number of nitrogens with zero attached hydrogens (tertiary/aromatic N) is 5. The van der Waals surface area contributed by atoms with Crippen molar-refractivity contribution in [1.82, 2.24) is 0 Å². The SMILES string of the molecule is CC12c3cccc4[n+]3C3CC56c7cccc(c73)-c3ccccc3N(CN(c3ccccc3-4)C5Cc3ccc4ccccc4[n+]36)C1Cc1ccc3ccccc3[n+]12. The van der Waals surface area contributed by atoms with Crippen LogP contribution in [0.5, 0.6) is 0 Å². The maximum atomic E-state index is 2.87. The predicted molar refractivity (Wildman–Crippen MR) is 220 cm³/mol. The molecular formula is C51H40N5+3. The van der Waals surface area contributed by atoms with E-state index < -0.39 is 5.54 Å². The lowest BCUT2D eigenvalue weighted by Crippen LogP contribution is -2.68. The quantitative estimate of drug-likeness (QED) is 0.147. The second-order valence-electron chi connectivity index (χ2n) is 17.2. The van der Waals surface area contributed by atoms with Crippen LogP contribution in [0.3, 0.4) is 0 Å². The highest BCUT2D eigenvalue weighted by atomic mass is 15.4. The van der Waals surface area contributed by atoms with Gasteiger partial charge < -0.3 is 9.80 Å². The summed E-state index contributed by atoms with van der Waals surface area (Å²) in [5.41, 5.74) is 17.1. The van der Waals surface area contributed by atoms with E-state index in [0.717, 1.165) is 25.9 Å². The molecule has 5 heteroatoms. The van der Waals surface area contributed by atoms with Crippen LogP contribution in [0.4, 0.5) is 11.4 Å². The van der Waals surface area contributed by atoms with Crippen LogP contribution in [0, 0.1) is 0 Å². The van der Waals surface area contributed by atoms with Crippen molar-refractivity contribution in [1.29, 1.82) is 0 Å². The molecule has 10 bridgehead atoms. The van der Waals surface area contributed by atoms with E-state index in [9.17, 15) is 0 Å². The fourth-order valence-corrected chi connectivity index (χ4v) is 13.0. The first-order valence-electron chi connectivity index (χ1n) is 20.4. The number of hydrogen-bond acceptors (Lipinski definition) is 2. The third-order valence-electron chi connectivity index (χ3n) is 15.0. The monoisotopic (exact) mass is 722 g/mol. The van der Waals surface area contributed by atoms with Crippen molar-refractivity contribution in [2.45, 2.75) is 55.4 Å². The molecule has 5 atom stereocenters. The molecule has 0 radical (unpaired) electrons. The highest BCUT2D eigenvalue weighted by molar-refractivity contribution is 5.86. The summed E-state index contributed by atoms with van der Waals surface area (Å²) in [6.07, 6.45) is 2.90. The van der Waals surface area contributed by atoms with E-state index in [1.54, 1.807) is 0 Å². The highest BCUT2D eigenvalue weighted by Crippen LogP contribution is 2.58. The summed E-state index contributed by atoms with van der Waals surface area (Å²) < 4.78 is 8.41. The van der Waals surface area contributed by atoms with Crippen molar-refractivity contribution in [3.05, 3.63) is 186 Å². The van der Waals surface area contributed by atoms with Gasteiger partial charge in [0.1, 0.15) is 12.1 Å². The Balaban J connectivity index is 1.23. The number of para-hydroxylation sites is 4. The van der Waals surface area contributed by atoms with Crippen LogP contribution in [-0.4, -0.2) is 18.8 Å². The number of pyridine rings is 3. The third kappa shape index (κ3) is 3.33. The maximum Gasteiger partial charge on any atom is 0.269 e. The van der Waals surface area contributed by atoms with Gasteiger partial charge in [-0.1, -0.05) is 72.8 Å². The molecule has 9 heterocycles. The van der Waals surface area contributed by atoms with E-state index in [1.165, 1.54) is 83.8 Å². The Morgan fingerprint density at radius 2 is 1.14 bits per heavy atom. The van der Waals surface area contributed by atoms with Gasteiger partial charge in [0.15, 0.2) is 17.4 Å². The second kappa shape index (κ2) is 10.1. The summed E-state index contributed by atoms with van der Waals surface area (Å²) in [7, 11) is 0. The van der Waals surface area contributed by atoms with Gasteiger partial charge in [-0.25, -0.2) is 0 Å². The molecule has 0 N–H and O–H groups in total. The summed E-state index contributed by atoms with van der Waals surface area (Å²) in [5, 5.41) is 2.59. The van der Waals surface area contributed by atoms with Gasteiger partial charge in [-0.05, 0) is 54.1 Å². The van der Waals surface area contributed by atoms with Gasteiger partial charge in [0.25, 0.3) is 11.2 Å². The Morgan fingerprint density at radius 1 is 0.536 bits per heavy atom. The van der Waals surface area contributed by atoms with E-state index in [4.69, 9.17) is 0 Å². The average molecular weight is 723 g/mol. The molecule has 266 valence electrons. The zero-order valence-corrected chi connectivity index (χ0v) is 31.3. The number of fused-ring (bicyclic) bond motifs is 6. The van der Waals surface area contributed by atoms with Gasteiger partial charge in [0.05, 0.1) is 37.2 Å². The molecule has 6 aliphatic heterocycles. The molecule has 0 amide bonds. The van der Waals surface area contributed by atoms with Crippen LogP contribution in [-0.2, 0) is 23.9 Å². The minimum Gasteiger partial charge on any atom is -0.342 e. The Bertz CT molecular complexity index is 3080. The molecular weight excluding hydrogens is 683 g/mol. The standard InChI is InChI=1S/C51H40N5/c1-50-46-23-11-22-44-38-15-5-9-21-43(38)53-31-52(47(50)28-34-26-24-32-12-2-6-18-40(32)55(34)50)42-20-8-4-14-36(42)37-16-10-17-39-49(37)45(54(44)46)30-51(39)48(53)29-35-27-25-33-13-3-7-19-41(33)56(35)51/h2-27,45,47-48H,28-31H2,1H3/q+3. The molecule has 7 aliphatic rings. The Morgan fingerprint density at radius 3 is 1.95 bits per heavy atom. The first-order valence-corrected chi connectivity index (χ1v) is 20.4. The first kappa shape index (κ1) is 30.0. The van der Waals surface area contributed by atoms with Crippen LogP contribution in [0.25, 0.3) is 44.2 Å². The fourth-order valence-electron chi connectivity index (χ4n) is 13.0. The minimum atomic E-state index is -0.406. The largest absolute Gasteiger partial charge is 0.342 e. The molecule has 8 aromatic rings.